The van der Waals surface area contributed by atoms with Crippen LogP contribution in [-0.4, -0.2) is 57.7 Å². The standard InChI is InChI=1S/C24H24Cl2N6O3/c1-24(13-19(33)30(2)21(29-24)28-23(34)35)15-6-5-7-17(20(15)26)32-18-12-14(25)8-9-16(18)27-22(32)31-10-3-4-11-31/h5-9,12H,3-4,10-11,13H2,1-2H3,(H,28,29)(H,34,35)/t24-/m0/s1. The summed E-state index contributed by atoms with van der Waals surface area (Å²) in [6.45, 7) is 3.59. The van der Waals surface area contributed by atoms with E-state index in [1.807, 2.05) is 47.9 Å². The molecule has 0 unspecified atom stereocenters. The van der Waals surface area contributed by atoms with Gasteiger partial charge in [0.25, 0.3) is 0 Å². The maximum Gasteiger partial charge on any atom is 0.434 e. The van der Waals surface area contributed by atoms with E-state index in [4.69, 9.17) is 28.2 Å². The summed E-state index contributed by atoms with van der Waals surface area (Å²) >= 11 is 13.4. The van der Waals surface area contributed by atoms with E-state index in [1.54, 1.807) is 0 Å². The molecule has 35 heavy (non-hydrogen) atoms. The number of amides is 2. The Morgan fingerprint density at radius 2 is 1.94 bits per heavy atom. The maximum atomic E-state index is 12.8. The number of halogens is 2. The van der Waals surface area contributed by atoms with Crippen LogP contribution in [-0.2, 0) is 10.3 Å². The molecule has 1 atom stereocenters. The molecule has 2 fully saturated rings. The van der Waals surface area contributed by atoms with Gasteiger partial charge in [-0.2, -0.15) is 0 Å². The van der Waals surface area contributed by atoms with Gasteiger partial charge >= 0.3 is 6.09 Å². The third-order valence-corrected chi connectivity index (χ3v) is 7.22. The van der Waals surface area contributed by atoms with Crippen LogP contribution in [0.1, 0.15) is 31.7 Å². The van der Waals surface area contributed by atoms with Crippen molar-refractivity contribution in [1.29, 1.82) is 0 Å². The lowest BCUT2D eigenvalue weighted by atomic mass is 9.86. The molecule has 2 amide bonds. The summed E-state index contributed by atoms with van der Waals surface area (Å²) in [5.41, 5.74) is 1.98. The van der Waals surface area contributed by atoms with Gasteiger partial charge in [-0.3, -0.25) is 14.3 Å². The monoisotopic (exact) mass is 514 g/mol. The zero-order valence-corrected chi connectivity index (χ0v) is 20.8. The molecule has 182 valence electrons. The van der Waals surface area contributed by atoms with Crippen molar-refractivity contribution in [2.75, 3.05) is 25.0 Å². The summed E-state index contributed by atoms with van der Waals surface area (Å²) in [6.07, 6.45) is 0.844. The van der Waals surface area contributed by atoms with E-state index in [9.17, 15) is 14.7 Å². The second-order valence-electron chi connectivity index (χ2n) is 9.02. The van der Waals surface area contributed by atoms with Crippen molar-refractivity contribution in [1.82, 2.24) is 19.8 Å². The highest BCUT2D eigenvalue weighted by Gasteiger charge is 2.40. The topological polar surface area (TPSA) is 103 Å². The molecule has 11 heteroatoms. The molecule has 2 saturated heterocycles. The van der Waals surface area contributed by atoms with Gasteiger partial charge in [0.1, 0.15) is 0 Å². The zero-order chi connectivity index (χ0) is 24.9. The molecule has 3 aromatic rings. The second kappa shape index (κ2) is 8.73. The lowest BCUT2D eigenvalue weighted by Gasteiger charge is -2.40. The highest BCUT2D eigenvalue weighted by Crippen LogP contribution is 2.40. The minimum Gasteiger partial charge on any atom is -0.463 e. The maximum absolute atomic E-state index is 12.8. The van der Waals surface area contributed by atoms with Gasteiger partial charge < -0.3 is 15.3 Å². The fraction of sp³-hybridized carbons (Fsp3) is 0.333. The molecule has 2 aliphatic heterocycles. The first kappa shape index (κ1) is 23.4. The highest BCUT2D eigenvalue weighted by atomic mass is 35.5. The Hall–Kier alpha value is -3.30. The first-order chi connectivity index (χ1) is 16.7. The summed E-state index contributed by atoms with van der Waals surface area (Å²) in [6, 6.07) is 11.2. The Balaban J connectivity index is 1.68. The molecule has 0 spiro atoms. The van der Waals surface area contributed by atoms with Crippen LogP contribution in [0.3, 0.4) is 0 Å². The molecule has 2 aromatic carbocycles. The van der Waals surface area contributed by atoms with Gasteiger partial charge in [-0.15, -0.1) is 4.99 Å². The molecular weight excluding hydrogens is 491 g/mol. The number of rotatable bonds is 3. The lowest BCUT2D eigenvalue weighted by Crippen LogP contribution is -2.58. The molecule has 9 nitrogen and oxygen atoms in total. The smallest absolute Gasteiger partial charge is 0.434 e. The number of fused-ring (bicyclic) bond motifs is 1. The molecule has 0 radical (unpaired) electrons. The molecular formula is C24H24Cl2N6O3. The van der Waals surface area contributed by atoms with Crippen LogP contribution in [0.4, 0.5) is 10.7 Å². The lowest BCUT2D eigenvalue weighted by molar-refractivity contribution is -0.129. The van der Waals surface area contributed by atoms with E-state index in [0.29, 0.717) is 21.3 Å². The van der Waals surface area contributed by atoms with Crippen molar-refractivity contribution in [3.8, 4) is 5.69 Å². The fourth-order valence-electron chi connectivity index (χ4n) is 4.79. The van der Waals surface area contributed by atoms with E-state index in [-0.39, 0.29) is 18.3 Å². The number of carbonyl (C=O) groups is 2. The van der Waals surface area contributed by atoms with E-state index in [1.165, 1.54) is 11.9 Å². The van der Waals surface area contributed by atoms with Gasteiger partial charge in [0.05, 0.1) is 33.7 Å². The van der Waals surface area contributed by atoms with Crippen LogP contribution in [0.25, 0.3) is 16.7 Å². The first-order valence-corrected chi connectivity index (χ1v) is 12.0. The molecule has 5 rings (SSSR count). The average molecular weight is 515 g/mol. The number of guanidine groups is 1. The minimum atomic E-state index is -1.40. The predicted molar refractivity (Wildman–Crippen MR) is 136 cm³/mol. The fourth-order valence-corrected chi connectivity index (χ4v) is 5.38. The van der Waals surface area contributed by atoms with Gasteiger partial charge in [-0.1, -0.05) is 35.3 Å². The largest absolute Gasteiger partial charge is 0.463 e. The molecule has 0 bridgehead atoms. The predicted octanol–water partition coefficient (Wildman–Crippen LogP) is 4.63. The van der Waals surface area contributed by atoms with Crippen LogP contribution >= 0.6 is 23.2 Å². The van der Waals surface area contributed by atoms with Crippen LogP contribution in [0.2, 0.25) is 10.0 Å². The van der Waals surface area contributed by atoms with Crippen molar-refractivity contribution < 1.29 is 14.7 Å². The molecule has 0 aliphatic carbocycles. The van der Waals surface area contributed by atoms with E-state index in [0.717, 1.165) is 42.9 Å². The quantitative estimate of drug-likeness (QED) is 0.527. The molecule has 2 aliphatic rings. The Labute approximate surface area is 212 Å². The van der Waals surface area contributed by atoms with Gasteiger partial charge in [-0.05, 0) is 49.6 Å². The van der Waals surface area contributed by atoms with E-state index < -0.39 is 11.6 Å². The van der Waals surface area contributed by atoms with Crippen LogP contribution in [0.5, 0.6) is 0 Å². The third-order valence-electron chi connectivity index (χ3n) is 6.59. The van der Waals surface area contributed by atoms with Crippen LogP contribution < -0.4 is 10.2 Å². The number of hydrogen-bond donors (Lipinski definition) is 2. The SMILES string of the molecule is CN1C(=O)C[C@@](C)(c2cccc(-n3c(N4CCCC4)nc4ccc(Cl)cc43)c2Cl)N/C1=N\C(=O)O. The summed E-state index contributed by atoms with van der Waals surface area (Å²) in [7, 11) is 1.48. The summed E-state index contributed by atoms with van der Waals surface area (Å²) in [4.78, 5) is 35.9. The average Bonchev–Trinajstić information content (AvgIpc) is 3.45. The molecule has 1 aromatic heterocycles. The number of nitrogens with one attached hydrogen (secondary N) is 1. The van der Waals surface area contributed by atoms with Gasteiger partial charge in [0, 0.05) is 25.2 Å². The summed E-state index contributed by atoms with van der Waals surface area (Å²) in [5.74, 6) is 0.463. The second-order valence-corrected chi connectivity index (χ2v) is 9.83. The molecule has 2 N–H and O–H groups in total. The van der Waals surface area contributed by atoms with Crippen molar-refractivity contribution >= 4 is 58.1 Å². The normalized spacial score (nSPS) is 21.7. The Bertz CT molecular complexity index is 1380. The first-order valence-electron chi connectivity index (χ1n) is 11.3. The number of aliphatic imine (C=N–C) groups is 1. The van der Waals surface area contributed by atoms with Crippen molar-refractivity contribution in [3.05, 3.63) is 52.0 Å². The minimum absolute atomic E-state index is 0.0460. The Morgan fingerprint density at radius 1 is 1.20 bits per heavy atom. The number of carbonyl (C=O) groups excluding carboxylic acids is 1. The van der Waals surface area contributed by atoms with E-state index >= 15 is 0 Å². The number of anilines is 1. The third kappa shape index (κ3) is 4.08. The van der Waals surface area contributed by atoms with Crippen molar-refractivity contribution in [2.45, 2.75) is 31.7 Å². The number of nitrogens with zero attached hydrogens (tertiary/aromatic N) is 5. The van der Waals surface area contributed by atoms with Crippen LogP contribution in [0.15, 0.2) is 41.4 Å². The Morgan fingerprint density at radius 3 is 2.66 bits per heavy atom. The van der Waals surface area contributed by atoms with Crippen LogP contribution in [0, 0.1) is 0 Å². The number of carboxylic acid groups (broad SMARTS) is 1. The number of imidazole rings is 1. The number of hydrogen-bond acceptors (Lipinski definition) is 4. The van der Waals surface area contributed by atoms with Gasteiger partial charge in [0.2, 0.25) is 17.8 Å². The highest BCUT2D eigenvalue weighted by molar-refractivity contribution is 6.33. The summed E-state index contributed by atoms with van der Waals surface area (Å²) in [5, 5.41) is 13.3. The molecule has 3 heterocycles. The number of aromatic nitrogens is 2. The van der Waals surface area contributed by atoms with Gasteiger partial charge in [0.15, 0.2) is 0 Å². The molecule has 0 saturated carbocycles. The Kier molecular flexibility index (Phi) is 5.85. The summed E-state index contributed by atoms with van der Waals surface area (Å²) < 4.78 is 2.00. The van der Waals surface area contributed by atoms with Crippen molar-refractivity contribution in [2.24, 2.45) is 4.99 Å². The number of benzene rings is 2. The van der Waals surface area contributed by atoms with Gasteiger partial charge in [-0.25, -0.2) is 9.78 Å². The van der Waals surface area contributed by atoms with E-state index in [2.05, 4.69) is 15.2 Å². The van der Waals surface area contributed by atoms with Crippen molar-refractivity contribution in [3.63, 3.8) is 0 Å². The zero-order valence-electron chi connectivity index (χ0n) is 19.3.